The third kappa shape index (κ3) is 3.03. The molecule has 0 aromatic heterocycles. The second kappa shape index (κ2) is 5.95. The molecule has 0 aromatic carbocycles. The monoisotopic (exact) mass is 296 g/mol. The fourth-order valence-corrected chi connectivity index (χ4v) is 3.93. The molecule has 0 bridgehead atoms. The first kappa shape index (κ1) is 16.7. The molecule has 0 heterocycles. The molecule has 0 aromatic rings. The summed E-state index contributed by atoms with van der Waals surface area (Å²) in [4.78, 5) is 24.2. The van der Waals surface area contributed by atoms with Gasteiger partial charge in [-0.15, -0.1) is 0 Å². The highest BCUT2D eigenvalue weighted by molar-refractivity contribution is 6.82. The van der Waals surface area contributed by atoms with Gasteiger partial charge < -0.3 is 9.47 Å². The topological polar surface area (TPSA) is 52.6 Å². The van der Waals surface area contributed by atoms with Gasteiger partial charge in [0.1, 0.15) is 0 Å². The number of carbonyl (C=O) groups is 2. The molecule has 1 rings (SSSR count). The van der Waals surface area contributed by atoms with Gasteiger partial charge in [-0.05, 0) is 12.8 Å². The van der Waals surface area contributed by atoms with Gasteiger partial charge in [0.25, 0.3) is 0 Å². The van der Waals surface area contributed by atoms with Crippen LogP contribution in [0.2, 0.25) is 19.1 Å². The zero-order valence-electron chi connectivity index (χ0n) is 13.0. The Morgan fingerprint density at radius 3 is 2.15 bits per heavy atom. The molecule has 0 unspecified atom stereocenters. The second-order valence-electron chi connectivity index (χ2n) is 6.03. The SMILES string of the molecule is C=C1CC(C(=O)OC)(C(=O)OC)C/C1=C\[Si](C)(C)CC. The van der Waals surface area contributed by atoms with E-state index in [4.69, 9.17) is 9.47 Å². The molecule has 1 fully saturated rings. The average Bonchev–Trinajstić information content (AvgIpc) is 2.74. The lowest BCUT2D eigenvalue weighted by Crippen LogP contribution is -2.38. The van der Waals surface area contributed by atoms with Gasteiger partial charge in [0, 0.05) is 0 Å². The van der Waals surface area contributed by atoms with Crippen LogP contribution in [0.1, 0.15) is 19.8 Å². The predicted octanol–water partition coefficient (Wildman–Crippen LogP) is 2.86. The Bertz CT molecular complexity index is 446. The quantitative estimate of drug-likeness (QED) is 0.455. The second-order valence-corrected chi connectivity index (χ2v) is 11.0. The molecule has 0 atom stereocenters. The van der Waals surface area contributed by atoms with E-state index in [1.54, 1.807) is 0 Å². The van der Waals surface area contributed by atoms with E-state index in [0.29, 0.717) is 6.42 Å². The lowest BCUT2D eigenvalue weighted by atomic mass is 9.86. The molecule has 1 aliphatic rings. The first-order valence-corrected chi connectivity index (χ1v) is 10.1. The number of hydrogen-bond donors (Lipinski definition) is 0. The minimum Gasteiger partial charge on any atom is -0.468 e. The molecule has 20 heavy (non-hydrogen) atoms. The van der Waals surface area contributed by atoms with Crippen molar-refractivity contribution in [3.63, 3.8) is 0 Å². The van der Waals surface area contributed by atoms with E-state index in [0.717, 1.165) is 17.2 Å². The summed E-state index contributed by atoms with van der Waals surface area (Å²) in [6.07, 6.45) is 0.619. The van der Waals surface area contributed by atoms with Gasteiger partial charge in [-0.3, -0.25) is 9.59 Å². The van der Waals surface area contributed by atoms with Crippen molar-refractivity contribution in [1.29, 1.82) is 0 Å². The first-order valence-electron chi connectivity index (χ1n) is 6.79. The summed E-state index contributed by atoms with van der Waals surface area (Å²) < 4.78 is 9.63. The van der Waals surface area contributed by atoms with Crippen LogP contribution < -0.4 is 0 Å². The Kier molecular flexibility index (Phi) is 4.97. The zero-order chi connectivity index (χ0) is 15.6. The number of allylic oxidation sites excluding steroid dienone is 2. The summed E-state index contributed by atoms with van der Waals surface area (Å²) in [7, 11) is 1.12. The number of hydrogen-bond acceptors (Lipinski definition) is 4. The van der Waals surface area contributed by atoms with Crippen LogP contribution in [0.25, 0.3) is 0 Å². The van der Waals surface area contributed by atoms with E-state index in [1.165, 1.54) is 14.2 Å². The van der Waals surface area contributed by atoms with Crippen molar-refractivity contribution in [2.45, 2.75) is 38.9 Å². The molecule has 0 aliphatic heterocycles. The Labute approximate surface area is 121 Å². The van der Waals surface area contributed by atoms with Crippen LogP contribution in [0.15, 0.2) is 23.4 Å². The number of rotatable bonds is 4. The molecule has 0 amide bonds. The van der Waals surface area contributed by atoms with Crippen LogP contribution in [-0.2, 0) is 19.1 Å². The molecule has 0 N–H and O–H groups in total. The minimum atomic E-state index is -1.46. The van der Waals surface area contributed by atoms with E-state index in [1.807, 2.05) is 0 Å². The summed E-state index contributed by atoms with van der Waals surface area (Å²) in [5.74, 6) is -1.07. The van der Waals surface area contributed by atoms with Gasteiger partial charge in [0.15, 0.2) is 5.41 Å². The van der Waals surface area contributed by atoms with Gasteiger partial charge in [-0.2, -0.15) is 0 Å². The van der Waals surface area contributed by atoms with Gasteiger partial charge >= 0.3 is 11.9 Å². The summed E-state index contributed by atoms with van der Waals surface area (Å²) in [6, 6.07) is 1.10. The normalized spacial score (nSPS) is 20.1. The van der Waals surface area contributed by atoms with Crippen molar-refractivity contribution < 1.29 is 19.1 Å². The van der Waals surface area contributed by atoms with Gasteiger partial charge in [0.2, 0.25) is 0 Å². The molecule has 4 nitrogen and oxygen atoms in total. The van der Waals surface area contributed by atoms with Gasteiger partial charge in [-0.25, -0.2) is 0 Å². The summed E-state index contributed by atoms with van der Waals surface area (Å²) >= 11 is 0. The molecular weight excluding hydrogens is 272 g/mol. The van der Waals surface area contributed by atoms with Gasteiger partial charge in [0.05, 0.1) is 22.3 Å². The largest absolute Gasteiger partial charge is 0.468 e. The number of ether oxygens (including phenoxy) is 2. The minimum absolute atomic E-state index is 0.284. The van der Waals surface area contributed by atoms with Crippen LogP contribution in [0.4, 0.5) is 0 Å². The van der Waals surface area contributed by atoms with Crippen LogP contribution >= 0.6 is 0 Å². The summed E-state index contributed by atoms with van der Waals surface area (Å²) in [6.45, 7) is 10.7. The smallest absolute Gasteiger partial charge is 0.323 e. The van der Waals surface area contributed by atoms with Crippen molar-refractivity contribution in [3.05, 3.63) is 23.4 Å². The Morgan fingerprint density at radius 2 is 1.75 bits per heavy atom. The number of carbonyl (C=O) groups excluding carboxylic acids is 2. The Morgan fingerprint density at radius 1 is 1.25 bits per heavy atom. The maximum atomic E-state index is 12.1. The fraction of sp³-hybridized carbons (Fsp3) is 0.600. The zero-order valence-corrected chi connectivity index (χ0v) is 14.0. The maximum absolute atomic E-state index is 12.1. The van der Waals surface area contributed by atoms with Crippen LogP contribution in [-0.4, -0.2) is 34.2 Å². The standard InChI is InChI=1S/C15H24O4Si/c1-7-20(5,6)10-12-9-15(8-11(12)2,13(16)18-3)14(17)19-4/h10H,2,7-9H2,1,3-6H3/b12-10+. The Hall–Kier alpha value is -1.36. The molecule has 0 saturated heterocycles. The summed E-state index contributed by atoms with van der Waals surface area (Å²) in [5.41, 5.74) is 2.85. The molecule has 1 aliphatic carbocycles. The third-order valence-electron chi connectivity index (χ3n) is 4.09. The summed E-state index contributed by atoms with van der Waals surface area (Å²) in [5, 5.41) is 0. The first-order chi connectivity index (χ1) is 9.22. The van der Waals surface area contributed by atoms with Crippen LogP contribution in [0.5, 0.6) is 0 Å². The van der Waals surface area contributed by atoms with E-state index in [-0.39, 0.29) is 6.42 Å². The average molecular weight is 296 g/mol. The van der Waals surface area contributed by atoms with Crippen molar-refractivity contribution in [1.82, 2.24) is 0 Å². The number of esters is 2. The molecule has 5 heteroatoms. The Balaban J connectivity index is 3.20. The van der Waals surface area contributed by atoms with Crippen molar-refractivity contribution in [2.75, 3.05) is 14.2 Å². The molecule has 1 saturated carbocycles. The van der Waals surface area contributed by atoms with Crippen molar-refractivity contribution >= 4 is 20.0 Å². The molecule has 112 valence electrons. The molecule has 0 spiro atoms. The third-order valence-corrected chi connectivity index (χ3v) is 7.04. The van der Waals surface area contributed by atoms with E-state index in [2.05, 4.69) is 32.3 Å². The van der Waals surface area contributed by atoms with Gasteiger partial charge in [-0.1, -0.05) is 49.5 Å². The number of methoxy groups -OCH3 is 2. The van der Waals surface area contributed by atoms with Crippen molar-refractivity contribution in [3.8, 4) is 0 Å². The van der Waals surface area contributed by atoms with E-state index >= 15 is 0 Å². The molecule has 0 radical (unpaired) electrons. The predicted molar refractivity (Wildman–Crippen MR) is 80.9 cm³/mol. The van der Waals surface area contributed by atoms with Crippen LogP contribution in [0, 0.1) is 5.41 Å². The van der Waals surface area contributed by atoms with E-state index in [9.17, 15) is 9.59 Å². The fourth-order valence-electron chi connectivity index (χ4n) is 2.48. The maximum Gasteiger partial charge on any atom is 0.323 e. The van der Waals surface area contributed by atoms with Crippen LogP contribution in [0.3, 0.4) is 0 Å². The molecular formula is C15H24O4Si. The van der Waals surface area contributed by atoms with E-state index < -0.39 is 25.4 Å². The highest BCUT2D eigenvalue weighted by Crippen LogP contribution is 2.46. The lowest BCUT2D eigenvalue weighted by Gasteiger charge is -2.22. The van der Waals surface area contributed by atoms with Crippen molar-refractivity contribution in [2.24, 2.45) is 5.41 Å². The highest BCUT2D eigenvalue weighted by Gasteiger charge is 2.53. The highest BCUT2D eigenvalue weighted by atomic mass is 28.3. The lowest BCUT2D eigenvalue weighted by molar-refractivity contribution is -0.168.